The number of thiazole rings is 1. The van der Waals surface area contributed by atoms with E-state index in [1.807, 2.05) is 11.7 Å². The molecule has 0 aromatic carbocycles. The molecule has 7 nitrogen and oxygen atoms in total. The Kier molecular flexibility index (Phi) is 3.86. The van der Waals surface area contributed by atoms with Crippen molar-refractivity contribution in [1.29, 1.82) is 0 Å². The molecule has 0 aliphatic heterocycles. The molecule has 0 radical (unpaired) electrons. The number of anilines is 1. The fourth-order valence-electron chi connectivity index (χ4n) is 6.05. The molecule has 0 spiro atoms. The van der Waals surface area contributed by atoms with Crippen LogP contribution in [0.15, 0.2) is 24.2 Å². The molecule has 2 aromatic heterocycles. The van der Waals surface area contributed by atoms with Gasteiger partial charge in [-0.25, -0.2) is 14.6 Å². The van der Waals surface area contributed by atoms with Gasteiger partial charge in [0, 0.05) is 30.1 Å². The predicted molar refractivity (Wildman–Crippen MR) is 98.8 cm³/mol. The largest absolute Gasteiger partial charge is 0.311 e. The Balaban J connectivity index is 1.25. The van der Waals surface area contributed by atoms with Crippen LogP contribution < -0.4 is 10.6 Å². The van der Waals surface area contributed by atoms with E-state index in [-0.39, 0.29) is 17.0 Å². The van der Waals surface area contributed by atoms with Crippen LogP contribution in [-0.4, -0.2) is 37.7 Å². The molecule has 4 saturated carbocycles. The summed E-state index contributed by atoms with van der Waals surface area (Å²) < 4.78 is 2.12. The van der Waals surface area contributed by atoms with Crippen molar-refractivity contribution in [2.75, 3.05) is 11.9 Å². The second kappa shape index (κ2) is 6.13. The molecule has 6 rings (SSSR count). The highest BCUT2D eigenvalue weighted by Gasteiger charge is 2.58. The van der Waals surface area contributed by atoms with E-state index in [0.717, 1.165) is 18.3 Å². The van der Waals surface area contributed by atoms with E-state index in [1.165, 1.54) is 43.4 Å². The molecule has 8 heteroatoms. The van der Waals surface area contributed by atoms with Gasteiger partial charge in [0.1, 0.15) is 12.7 Å². The second-order valence-electron chi connectivity index (χ2n) is 8.37. The average Bonchev–Trinajstić information content (AvgIpc) is 3.27. The summed E-state index contributed by atoms with van der Waals surface area (Å²) in [6, 6.07) is 0. The summed E-state index contributed by atoms with van der Waals surface area (Å²) in [6.07, 6.45) is 13.1. The van der Waals surface area contributed by atoms with Gasteiger partial charge in [-0.15, -0.1) is 11.3 Å². The first kappa shape index (κ1) is 16.4. The second-order valence-corrected chi connectivity index (χ2v) is 9.26. The minimum absolute atomic E-state index is 0.0307. The first-order valence-corrected chi connectivity index (χ1v) is 10.3. The third kappa shape index (κ3) is 2.85. The lowest BCUT2D eigenvalue weighted by Gasteiger charge is -2.62. The van der Waals surface area contributed by atoms with Crippen LogP contribution >= 0.6 is 11.3 Å². The van der Waals surface area contributed by atoms with Crippen LogP contribution in [0.25, 0.3) is 0 Å². The maximum atomic E-state index is 12.1. The first-order chi connectivity index (χ1) is 12.6. The van der Waals surface area contributed by atoms with Gasteiger partial charge < -0.3 is 10.6 Å². The monoisotopic (exact) mass is 372 g/mol. The summed E-state index contributed by atoms with van der Waals surface area (Å²) in [7, 11) is 0. The van der Waals surface area contributed by atoms with Crippen molar-refractivity contribution in [3.8, 4) is 0 Å². The Hall–Kier alpha value is -1.80. The zero-order chi connectivity index (χ0) is 17.6. The van der Waals surface area contributed by atoms with Crippen LogP contribution in [0.2, 0.25) is 0 Å². The maximum Gasteiger partial charge on any atom is 0.227 e. The number of carbonyl (C=O) groups is 1. The SMILES string of the molecule is O=C(CCNC12CC3CC(C1)CC(n1cncn1)(C3)C2)Nc1nccs1. The quantitative estimate of drug-likeness (QED) is 0.813. The molecule has 2 heterocycles. The summed E-state index contributed by atoms with van der Waals surface area (Å²) in [4.78, 5) is 20.4. The van der Waals surface area contributed by atoms with Gasteiger partial charge >= 0.3 is 0 Å². The van der Waals surface area contributed by atoms with Crippen molar-refractivity contribution < 1.29 is 4.79 Å². The third-order valence-electron chi connectivity index (χ3n) is 6.47. The van der Waals surface area contributed by atoms with E-state index in [1.54, 1.807) is 12.5 Å². The molecule has 4 bridgehead atoms. The van der Waals surface area contributed by atoms with Crippen molar-refractivity contribution in [2.45, 2.75) is 56.0 Å². The molecule has 4 aliphatic carbocycles. The minimum atomic E-state index is 0.0307. The number of nitrogens with zero attached hydrogens (tertiary/aromatic N) is 4. The van der Waals surface area contributed by atoms with Gasteiger partial charge in [-0.3, -0.25) is 4.79 Å². The average molecular weight is 372 g/mol. The zero-order valence-corrected chi connectivity index (χ0v) is 15.5. The standard InChI is InChI=1S/C18H24N6OS/c25-15(23-16-20-3-4-26-16)1-2-21-17-6-13-5-14(7-17)9-18(8-13,10-17)24-12-19-11-22-24/h3-4,11-14,21H,1-2,5-10H2,(H,20,23,25). The molecule has 138 valence electrons. The lowest BCUT2D eigenvalue weighted by atomic mass is 9.50. The van der Waals surface area contributed by atoms with Gasteiger partial charge in [-0.2, -0.15) is 5.10 Å². The highest BCUT2D eigenvalue weighted by molar-refractivity contribution is 7.13. The Bertz CT molecular complexity index is 760. The van der Waals surface area contributed by atoms with E-state index >= 15 is 0 Å². The van der Waals surface area contributed by atoms with Crippen molar-refractivity contribution in [3.05, 3.63) is 24.2 Å². The van der Waals surface area contributed by atoms with E-state index in [2.05, 4.69) is 30.4 Å². The van der Waals surface area contributed by atoms with Crippen LogP contribution in [0.3, 0.4) is 0 Å². The van der Waals surface area contributed by atoms with Crippen molar-refractivity contribution in [3.63, 3.8) is 0 Å². The number of hydrogen-bond acceptors (Lipinski definition) is 6. The molecule has 2 aromatic rings. The molecule has 4 aliphatic rings. The Labute approximate surface area is 156 Å². The van der Waals surface area contributed by atoms with Crippen molar-refractivity contribution in [2.24, 2.45) is 11.8 Å². The Morgan fingerprint density at radius 1 is 1.31 bits per heavy atom. The Morgan fingerprint density at radius 3 is 2.85 bits per heavy atom. The molecule has 0 saturated heterocycles. The smallest absolute Gasteiger partial charge is 0.227 e. The summed E-state index contributed by atoms with van der Waals surface area (Å²) >= 11 is 1.45. The van der Waals surface area contributed by atoms with Gasteiger partial charge in [0.05, 0.1) is 5.54 Å². The molecule has 1 amide bonds. The van der Waals surface area contributed by atoms with Gasteiger partial charge in [0.2, 0.25) is 5.91 Å². The first-order valence-electron chi connectivity index (χ1n) is 9.44. The molecule has 2 N–H and O–H groups in total. The predicted octanol–water partition coefficient (Wildman–Crippen LogP) is 2.40. The van der Waals surface area contributed by atoms with E-state index < -0.39 is 0 Å². The number of aromatic nitrogens is 4. The topological polar surface area (TPSA) is 84.7 Å². The van der Waals surface area contributed by atoms with Gasteiger partial charge in [0.25, 0.3) is 0 Å². The highest BCUT2D eigenvalue weighted by atomic mass is 32.1. The number of carbonyl (C=O) groups excluding carboxylic acids is 1. The van der Waals surface area contributed by atoms with Crippen LogP contribution in [0.5, 0.6) is 0 Å². The fraction of sp³-hybridized carbons (Fsp3) is 0.667. The molecule has 26 heavy (non-hydrogen) atoms. The van der Waals surface area contributed by atoms with Crippen molar-refractivity contribution in [1.82, 2.24) is 25.1 Å². The third-order valence-corrected chi connectivity index (χ3v) is 7.15. The maximum absolute atomic E-state index is 12.1. The van der Waals surface area contributed by atoms with Crippen LogP contribution in [0, 0.1) is 11.8 Å². The van der Waals surface area contributed by atoms with Crippen LogP contribution in [0.4, 0.5) is 5.13 Å². The Morgan fingerprint density at radius 2 is 2.15 bits per heavy atom. The number of rotatable bonds is 6. The normalized spacial score (nSPS) is 34.9. The number of nitrogens with one attached hydrogen (secondary N) is 2. The van der Waals surface area contributed by atoms with Gasteiger partial charge in [-0.1, -0.05) is 0 Å². The van der Waals surface area contributed by atoms with E-state index in [4.69, 9.17) is 0 Å². The summed E-state index contributed by atoms with van der Waals surface area (Å²) in [6.45, 7) is 0.712. The number of amides is 1. The molecule has 4 fully saturated rings. The van der Waals surface area contributed by atoms with Gasteiger partial charge in [-0.05, 0) is 50.4 Å². The number of hydrogen-bond donors (Lipinski definition) is 2. The van der Waals surface area contributed by atoms with Gasteiger partial charge in [0.15, 0.2) is 5.13 Å². The van der Waals surface area contributed by atoms with E-state index in [0.29, 0.717) is 18.1 Å². The summed E-state index contributed by atoms with van der Waals surface area (Å²) in [5.74, 6) is 1.55. The summed E-state index contributed by atoms with van der Waals surface area (Å²) in [5.41, 5.74) is 0.272. The molecule has 2 atom stereocenters. The lowest BCUT2D eigenvalue weighted by Crippen LogP contribution is -2.65. The minimum Gasteiger partial charge on any atom is -0.311 e. The molecular formula is C18H24N6OS. The zero-order valence-electron chi connectivity index (χ0n) is 14.7. The highest BCUT2D eigenvalue weighted by Crippen LogP contribution is 2.60. The van der Waals surface area contributed by atoms with Crippen LogP contribution in [-0.2, 0) is 10.3 Å². The fourth-order valence-corrected chi connectivity index (χ4v) is 6.60. The lowest BCUT2D eigenvalue weighted by molar-refractivity contribution is -0.116. The molecule has 2 unspecified atom stereocenters. The van der Waals surface area contributed by atoms with E-state index in [9.17, 15) is 4.79 Å². The van der Waals surface area contributed by atoms with Crippen molar-refractivity contribution >= 4 is 22.4 Å². The van der Waals surface area contributed by atoms with Crippen LogP contribution in [0.1, 0.15) is 44.9 Å². The summed E-state index contributed by atoms with van der Waals surface area (Å²) in [5, 5.41) is 13.7. The molecular weight excluding hydrogens is 348 g/mol.